The first-order valence-electron chi connectivity index (χ1n) is 7.04. The van der Waals surface area contributed by atoms with Crippen LogP contribution in [0.25, 0.3) is 0 Å². The summed E-state index contributed by atoms with van der Waals surface area (Å²) in [7, 11) is 0. The quantitative estimate of drug-likeness (QED) is 0.575. The van der Waals surface area contributed by atoms with Crippen molar-refractivity contribution in [1.82, 2.24) is 0 Å². The molecule has 2 aromatic rings. The first kappa shape index (κ1) is 18.6. The lowest BCUT2D eigenvalue weighted by Crippen LogP contribution is -2.14. The van der Waals surface area contributed by atoms with Gasteiger partial charge in [-0.25, -0.2) is 0 Å². The van der Waals surface area contributed by atoms with Crippen LogP contribution in [-0.2, 0) is 15.3 Å². The molecule has 1 N–H and O–H groups in total. The molecule has 0 radical (unpaired) electrons. The number of halogens is 2. The van der Waals surface area contributed by atoms with Gasteiger partial charge in [-0.05, 0) is 23.8 Å². The van der Waals surface area contributed by atoms with Crippen LogP contribution in [0.15, 0.2) is 42.5 Å². The van der Waals surface area contributed by atoms with Crippen molar-refractivity contribution >= 4 is 52.5 Å². The van der Waals surface area contributed by atoms with Crippen LogP contribution in [0.1, 0.15) is 12.5 Å². The average Bonchev–Trinajstić information content (AvgIpc) is 2.51. The molecule has 0 aliphatic carbocycles. The molecule has 4 nitrogen and oxygen atoms in total. The van der Waals surface area contributed by atoms with E-state index >= 15 is 0 Å². The molecule has 0 bridgehead atoms. The minimum Gasteiger partial charge on any atom is -0.427 e. The number of amides is 1. The van der Waals surface area contributed by atoms with E-state index in [-0.39, 0.29) is 11.7 Å². The van der Waals surface area contributed by atoms with Crippen LogP contribution >= 0.6 is 35.0 Å². The molecule has 0 unspecified atom stereocenters. The maximum atomic E-state index is 12.0. The first-order valence-corrected chi connectivity index (χ1v) is 8.95. The lowest BCUT2D eigenvalue weighted by Gasteiger charge is -2.08. The number of carbonyl (C=O) groups excluding carboxylic acids is 2. The first-order chi connectivity index (χ1) is 11.5. The van der Waals surface area contributed by atoms with E-state index in [4.69, 9.17) is 27.9 Å². The molecule has 0 atom stereocenters. The third-order valence-corrected chi connectivity index (χ3v) is 4.74. The summed E-state index contributed by atoms with van der Waals surface area (Å²) in [6.07, 6.45) is 0. The molecule has 0 fully saturated rings. The molecule has 0 spiro atoms. The molecule has 2 aromatic carbocycles. The van der Waals surface area contributed by atoms with Gasteiger partial charge in [-0.15, -0.1) is 11.8 Å². The van der Waals surface area contributed by atoms with Gasteiger partial charge in [0.25, 0.3) is 0 Å². The lowest BCUT2D eigenvalue weighted by atomic mass is 10.2. The Morgan fingerprint density at radius 1 is 1.17 bits per heavy atom. The summed E-state index contributed by atoms with van der Waals surface area (Å²) in [4.78, 5) is 22.9. The van der Waals surface area contributed by atoms with Crippen LogP contribution in [0.5, 0.6) is 5.75 Å². The Hall–Kier alpha value is -1.69. The standard InChI is InChI=1S/C17H15Cl2NO3S/c1-11(21)23-14-6-3-5-13(8-14)20-16(22)10-24-9-12-4-2-7-15(18)17(12)19/h2-8H,9-10H2,1H3,(H,20,22). The molecule has 24 heavy (non-hydrogen) atoms. The zero-order valence-corrected chi connectivity index (χ0v) is 15.2. The summed E-state index contributed by atoms with van der Waals surface area (Å²) in [5.74, 6) is 0.672. The van der Waals surface area contributed by atoms with Crippen LogP contribution < -0.4 is 10.1 Å². The molecule has 0 aromatic heterocycles. The van der Waals surface area contributed by atoms with Gasteiger partial charge in [-0.1, -0.05) is 41.4 Å². The third kappa shape index (κ3) is 5.74. The van der Waals surface area contributed by atoms with E-state index in [2.05, 4.69) is 5.32 Å². The molecule has 0 aliphatic rings. The van der Waals surface area contributed by atoms with E-state index < -0.39 is 5.97 Å². The Labute approximate surface area is 154 Å². The minimum atomic E-state index is -0.410. The Morgan fingerprint density at radius 3 is 2.67 bits per heavy atom. The van der Waals surface area contributed by atoms with Crippen LogP contribution in [0, 0.1) is 0 Å². The van der Waals surface area contributed by atoms with Crippen molar-refractivity contribution in [2.24, 2.45) is 0 Å². The molecule has 0 saturated heterocycles. The number of hydrogen-bond acceptors (Lipinski definition) is 4. The van der Waals surface area contributed by atoms with Gasteiger partial charge in [0.2, 0.25) is 5.91 Å². The fourth-order valence-electron chi connectivity index (χ4n) is 1.91. The summed E-state index contributed by atoms with van der Waals surface area (Å²) in [5.41, 5.74) is 1.46. The van der Waals surface area contributed by atoms with Crippen molar-refractivity contribution in [3.8, 4) is 5.75 Å². The van der Waals surface area contributed by atoms with Crippen molar-refractivity contribution in [3.05, 3.63) is 58.1 Å². The predicted octanol–water partition coefficient (Wildman–Crippen LogP) is 4.79. The fraction of sp³-hybridized carbons (Fsp3) is 0.176. The summed E-state index contributed by atoms with van der Waals surface area (Å²) < 4.78 is 4.98. The van der Waals surface area contributed by atoms with Gasteiger partial charge in [0, 0.05) is 24.4 Å². The SMILES string of the molecule is CC(=O)Oc1cccc(NC(=O)CSCc2cccc(Cl)c2Cl)c1. The summed E-state index contributed by atoms with van der Waals surface area (Å²) in [6, 6.07) is 12.1. The molecule has 0 saturated carbocycles. The number of rotatable bonds is 6. The van der Waals surface area contributed by atoms with Gasteiger partial charge in [0.15, 0.2) is 0 Å². The van der Waals surface area contributed by atoms with E-state index in [9.17, 15) is 9.59 Å². The third-order valence-electron chi connectivity index (χ3n) is 2.90. The minimum absolute atomic E-state index is 0.155. The van der Waals surface area contributed by atoms with Gasteiger partial charge in [-0.2, -0.15) is 0 Å². The highest BCUT2D eigenvalue weighted by Crippen LogP contribution is 2.28. The monoisotopic (exact) mass is 383 g/mol. The highest BCUT2D eigenvalue weighted by atomic mass is 35.5. The Bertz CT molecular complexity index is 752. The number of thioether (sulfide) groups is 1. The van der Waals surface area contributed by atoms with Gasteiger partial charge in [-0.3, -0.25) is 9.59 Å². The number of hydrogen-bond donors (Lipinski definition) is 1. The maximum Gasteiger partial charge on any atom is 0.308 e. The summed E-state index contributed by atoms with van der Waals surface area (Å²) in [6.45, 7) is 1.32. The lowest BCUT2D eigenvalue weighted by molar-refractivity contribution is -0.131. The number of carbonyl (C=O) groups is 2. The number of nitrogens with one attached hydrogen (secondary N) is 1. The molecule has 0 aliphatic heterocycles. The Morgan fingerprint density at radius 2 is 1.92 bits per heavy atom. The number of esters is 1. The van der Waals surface area contributed by atoms with Gasteiger partial charge in [0.05, 0.1) is 15.8 Å². The summed E-state index contributed by atoms with van der Waals surface area (Å²) >= 11 is 13.5. The van der Waals surface area contributed by atoms with E-state index in [1.165, 1.54) is 18.7 Å². The fourth-order valence-corrected chi connectivity index (χ4v) is 3.20. The summed E-state index contributed by atoms with van der Waals surface area (Å²) in [5, 5.41) is 3.77. The van der Waals surface area contributed by atoms with Gasteiger partial charge in [0.1, 0.15) is 5.75 Å². The normalized spacial score (nSPS) is 10.3. The smallest absolute Gasteiger partial charge is 0.308 e. The number of ether oxygens (including phenoxy) is 1. The maximum absolute atomic E-state index is 12.0. The number of benzene rings is 2. The Kier molecular flexibility index (Phi) is 6.97. The second-order valence-electron chi connectivity index (χ2n) is 4.88. The van der Waals surface area contributed by atoms with Crippen molar-refractivity contribution in [2.75, 3.05) is 11.1 Å². The molecular formula is C17H15Cl2NO3S. The van der Waals surface area contributed by atoms with Crippen molar-refractivity contribution in [2.45, 2.75) is 12.7 Å². The molecule has 0 heterocycles. The Balaban J connectivity index is 1.85. The molecule has 126 valence electrons. The number of anilines is 1. The zero-order chi connectivity index (χ0) is 17.5. The van der Waals surface area contributed by atoms with Crippen LogP contribution in [0.4, 0.5) is 5.69 Å². The van der Waals surface area contributed by atoms with Crippen LogP contribution in [-0.4, -0.2) is 17.6 Å². The molecule has 2 rings (SSSR count). The van der Waals surface area contributed by atoms with Crippen LogP contribution in [0.3, 0.4) is 0 Å². The second-order valence-corrected chi connectivity index (χ2v) is 6.65. The van der Waals surface area contributed by atoms with Crippen molar-refractivity contribution in [1.29, 1.82) is 0 Å². The largest absolute Gasteiger partial charge is 0.427 e. The van der Waals surface area contributed by atoms with Crippen molar-refractivity contribution < 1.29 is 14.3 Å². The predicted molar refractivity (Wildman–Crippen MR) is 99.0 cm³/mol. The highest BCUT2D eigenvalue weighted by Gasteiger charge is 2.08. The molecule has 1 amide bonds. The topological polar surface area (TPSA) is 55.4 Å². The van der Waals surface area contributed by atoms with Gasteiger partial charge >= 0.3 is 5.97 Å². The van der Waals surface area contributed by atoms with E-state index in [1.54, 1.807) is 30.3 Å². The van der Waals surface area contributed by atoms with Gasteiger partial charge < -0.3 is 10.1 Å². The molecule has 7 heteroatoms. The van der Waals surface area contributed by atoms with E-state index in [0.29, 0.717) is 27.2 Å². The zero-order valence-electron chi connectivity index (χ0n) is 12.8. The molecular weight excluding hydrogens is 369 g/mol. The van der Waals surface area contributed by atoms with Crippen molar-refractivity contribution in [3.63, 3.8) is 0 Å². The second kappa shape index (κ2) is 8.97. The van der Waals surface area contributed by atoms with Crippen LogP contribution in [0.2, 0.25) is 10.0 Å². The highest BCUT2D eigenvalue weighted by molar-refractivity contribution is 7.99. The van der Waals surface area contributed by atoms with E-state index in [0.717, 1.165) is 5.56 Å². The van der Waals surface area contributed by atoms with E-state index in [1.807, 2.05) is 12.1 Å². The average molecular weight is 384 g/mol.